The van der Waals surface area contributed by atoms with Crippen molar-refractivity contribution >= 4 is 28.2 Å². The number of halogens is 4. The third-order valence-corrected chi connectivity index (χ3v) is 3.63. The summed E-state index contributed by atoms with van der Waals surface area (Å²) >= 11 is 2.10. The summed E-state index contributed by atoms with van der Waals surface area (Å²) < 4.78 is 40.8. The Balaban J connectivity index is 2.13. The Bertz CT molecular complexity index is 780. The summed E-state index contributed by atoms with van der Waals surface area (Å²) in [4.78, 5) is 8.28. The highest BCUT2D eigenvalue weighted by atomic mass is 127. The Morgan fingerprint density at radius 3 is 2.65 bits per heavy atom. The van der Waals surface area contributed by atoms with Crippen molar-refractivity contribution < 1.29 is 13.2 Å². The molecule has 102 valence electrons. The number of imidazole rings is 1. The van der Waals surface area contributed by atoms with Crippen molar-refractivity contribution in [3.05, 3.63) is 52.1 Å². The number of aromatic nitrogens is 3. The van der Waals surface area contributed by atoms with Crippen LogP contribution in [0.15, 0.2) is 42.9 Å². The zero-order chi connectivity index (χ0) is 14.3. The number of rotatable bonds is 1. The van der Waals surface area contributed by atoms with E-state index in [0.717, 1.165) is 15.8 Å². The molecule has 0 unspecified atom stereocenters. The Hall–Kier alpha value is -1.64. The lowest BCUT2D eigenvalue weighted by Crippen LogP contribution is -2.04. The fourth-order valence-electron chi connectivity index (χ4n) is 1.86. The number of benzene rings is 1. The highest BCUT2D eigenvalue weighted by Gasteiger charge is 2.30. The summed E-state index contributed by atoms with van der Waals surface area (Å²) in [5.41, 5.74) is 0.869. The first kappa shape index (κ1) is 13.3. The Morgan fingerprint density at radius 2 is 1.90 bits per heavy atom. The van der Waals surface area contributed by atoms with Crippen LogP contribution in [0.5, 0.6) is 0 Å². The fraction of sp³-hybridized carbons (Fsp3) is 0.0769. The van der Waals surface area contributed by atoms with E-state index in [-0.39, 0.29) is 0 Å². The maximum absolute atomic E-state index is 12.7. The molecule has 0 aliphatic heterocycles. The van der Waals surface area contributed by atoms with Crippen molar-refractivity contribution in [3.8, 4) is 11.3 Å². The second kappa shape index (κ2) is 4.72. The van der Waals surface area contributed by atoms with Crippen LogP contribution < -0.4 is 0 Å². The molecule has 20 heavy (non-hydrogen) atoms. The molecule has 0 saturated heterocycles. The van der Waals surface area contributed by atoms with Gasteiger partial charge in [-0.2, -0.15) is 13.2 Å². The van der Waals surface area contributed by atoms with Gasteiger partial charge in [-0.05, 0) is 34.7 Å². The molecule has 1 aromatic carbocycles. The Morgan fingerprint density at radius 1 is 1.10 bits per heavy atom. The first-order chi connectivity index (χ1) is 9.45. The Kier molecular flexibility index (Phi) is 3.15. The predicted octanol–water partition coefficient (Wildman–Crippen LogP) is 4.02. The van der Waals surface area contributed by atoms with E-state index in [0.29, 0.717) is 16.9 Å². The quantitative estimate of drug-likeness (QED) is 0.589. The van der Waals surface area contributed by atoms with Gasteiger partial charge in [0.1, 0.15) is 3.70 Å². The van der Waals surface area contributed by atoms with Gasteiger partial charge in [0.2, 0.25) is 0 Å². The van der Waals surface area contributed by atoms with Crippen LogP contribution in [-0.2, 0) is 6.18 Å². The molecule has 2 aromatic heterocycles. The normalized spacial score (nSPS) is 12.0. The van der Waals surface area contributed by atoms with Crippen LogP contribution in [-0.4, -0.2) is 14.4 Å². The predicted molar refractivity (Wildman–Crippen MR) is 76.1 cm³/mol. The molecule has 0 amide bonds. The smallest absolute Gasteiger partial charge is 0.291 e. The van der Waals surface area contributed by atoms with Gasteiger partial charge < -0.3 is 0 Å². The second-order valence-electron chi connectivity index (χ2n) is 4.16. The molecular formula is C13H7F3IN3. The summed E-state index contributed by atoms with van der Waals surface area (Å²) in [5, 5.41) is 0. The van der Waals surface area contributed by atoms with Crippen molar-refractivity contribution in [2.24, 2.45) is 0 Å². The van der Waals surface area contributed by atoms with Crippen molar-refractivity contribution in [2.45, 2.75) is 6.18 Å². The van der Waals surface area contributed by atoms with E-state index in [2.05, 4.69) is 32.6 Å². The van der Waals surface area contributed by atoms with E-state index in [1.54, 1.807) is 22.9 Å². The first-order valence-electron chi connectivity index (χ1n) is 5.61. The molecule has 0 atom stereocenters. The molecule has 2 heterocycles. The van der Waals surface area contributed by atoms with E-state index in [4.69, 9.17) is 0 Å². The summed E-state index contributed by atoms with van der Waals surface area (Å²) in [5.74, 6) is 0. The van der Waals surface area contributed by atoms with Gasteiger partial charge in [-0.25, -0.2) is 4.98 Å². The van der Waals surface area contributed by atoms with Crippen LogP contribution in [0.2, 0.25) is 0 Å². The molecule has 0 bridgehead atoms. The van der Waals surface area contributed by atoms with E-state index in [1.165, 1.54) is 12.3 Å². The van der Waals surface area contributed by atoms with Gasteiger partial charge in [-0.3, -0.25) is 9.38 Å². The molecule has 0 radical (unpaired) electrons. The molecule has 0 spiro atoms. The largest absolute Gasteiger partial charge is 0.416 e. The van der Waals surface area contributed by atoms with E-state index >= 15 is 0 Å². The number of hydrogen-bond acceptors (Lipinski definition) is 2. The SMILES string of the molecule is FC(F)(F)c1cccc(-c2cn3c(I)cnc3cn2)c1. The van der Waals surface area contributed by atoms with Gasteiger partial charge in [0, 0.05) is 11.8 Å². The monoisotopic (exact) mass is 389 g/mol. The highest BCUT2D eigenvalue weighted by Crippen LogP contribution is 2.31. The van der Waals surface area contributed by atoms with Gasteiger partial charge in [-0.15, -0.1) is 0 Å². The molecule has 0 fully saturated rings. The van der Waals surface area contributed by atoms with Gasteiger partial charge in [0.15, 0.2) is 5.65 Å². The minimum atomic E-state index is -4.36. The van der Waals surface area contributed by atoms with E-state index in [1.807, 2.05) is 0 Å². The molecule has 3 aromatic rings. The second-order valence-corrected chi connectivity index (χ2v) is 5.27. The minimum absolute atomic E-state index is 0.422. The third kappa shape index (κ3) is 2.37. The van der Waals surface area contributed by atoms with E-state index in [9.17, 15) is 13.2 Å². The van der Waals surface area contributed by atoms with Crippen LogP contribution in [0, 0.1) is 3.70 Å². The summed E-state index contributed by atoms with van der Waals surface area (Å²) in [7, 11) is 0. The van der Waals surface area contributed by atoms with Crippen LogP contribution in [0.3, 0.4) is 0 Å². The minimum Gasteiger partial charge on any atom is -0.291 e. The average Bonchev–Trinajstić information content (AvgIpc) is 2.79. The molecule has 0 saturated carbocycles. The van der Waals surface area contributed by atoms with Crippen molar-refractivity contribution in [3.63, 3.8) is 0 Å². The van der Waals surface area contributed by atoms with Crippen molar-refractivity contribution in [1.29, 1.82) is 0 Å². The molecule has 0 aliphatic carbocycles. The van der Waals surface area contributed by atoms with Crippen molar-refractivity contribution in [2.75, 3.05) is 0 Å². The number of alkyl halides is 3. The maximum Gasteiger partial charge on any atom is 0.416 e. The van der Waals surface area contributed by atoms with Gasteiger partial charge in [-0.1, -0.05) is 12.1 Å². The molecule has 3 rings (SSSR count). The zero-order valence-electron chi connectivity index (χ0n) is 9.89. The maximum atomic E-state index is 12.7. The number of fused-ring (bicyclic) bond motifs is 1. The molecule has 0 N–H and O–H groups in total. The Labute approximate surface area is 125 Å². The third-order valence-electron chi connectivity index (χ3n) is 2.84. The molecule has 0 aliphatic rings. The lowest BCUT2D eigenvalue weighted by atomic mass is 10.1. The topological polar surface area (TPSA) is 30.2 Å². The average molecular weight is 389 g/mol. The summed E-state index contributed by atoms with van der Waals surface area (Å²) in [6, 6.07) is 5.12. The standard InChI is InChI=1S/C13H7F3IN3/c14-13(15,16)9-3-1-2-8(4-9)10-7-20-11(17)5-19-12(20)6-18-10/h1-7H. The highest BCUT2D eigenvalue weighted by molar-refractivity contribution is 14.1. The summed E-state index contributed by atoms with van der Waals surface area (Å²) in [6.07, 6.45) is 0.536. The van der Waals surface area contributed by atoms with Crippen LogP contribution >= 0.6 is 22.6 Å². The van der Waals surface area contributed by atoms with Gasteiger partial charge in [0.05, 0.1) is 23.7 Å². The van der Waals surface area contributed by atoms with Gasteiger partial charge in [0.25, 0.3) is 0 Å². The van der Waals surface area contributed by atoms with Crippen LogP contribution in [0.25, 0.3) is 16.9 Å². The van der Waals surface area contributed by atoms with Crippen molar-refractivity contribution in [1.82, 2.24) is 14.4 Å². The molecule has 3 nitrogen and oxygen atoms in total. The van der Waals surface area contributed by atoms with Crippen LogP contribution in [0.1, 0.15) is 5.56 Å². The van der Waals surface area contributed by atoms with Crippen LogP contribution in [0.4, 0.5) is 13.2 Å². The number of nitrogens with zero attached hydrogens (tertiary/aromatic N) is 3. The van der Waals surface area contributed by atoms with Gasteiger partial charge >= 0.3 is 6.18 Å². The molecule has 7 heteroatoms. The molecular weight excluding hydrogens is 382 g/mol. The number of hydrogen-bond donors (Lipinski definition) is 0. The van der Waals surface area contributed by atoms with E-state index < -0.39 is 11.7 Å². The lowest BCUT2D eigenvalue weighted by Gasteiger charge is -2.08. The fourth-order valence-corrected chi connectivity index (χ4v) is 2.39. The lowest BCUT2D eigenvalue weighted by molar-refractivity contribution is -0.137. The first-order valence-corrected chi connectivity index (χ1v) is 6.69. The summed E-state index contributed by atoms with van der Waals surface area (Å²) in [6.45, 7) is 0. The zero-order valence-corrected chi connectivity index (χ0v) is 12.1.